The molecule has 2 rings (SSSR count). The molecule has 1 aliphatic rings. The largest absolute Gasteiger partial charge is 0.480 e. The van der Waals surface area contributed by atoms with Crippen molar-refractivity contribution in [1.29, 1.82) is 0 Å². The van der Waals surface area contributed by atoms with Gasteiger partial charge in [0.15, 0.2) is 11.5 Å². The Bertz CT molecular complexity index is 527. The molecule has 0 saturated heterocycles. The van der Waals surface area contributed by atoms with Gasteiger partial charge in [0.2, 0.25) is 6.79 Å². The Morgan fingerprint density at radius 3 is 2.63 bits per heavy atom. The summed E-state index contributed by atoms with van der Waals surface area (Å²) >= 11 is 0. The Labute approximate surface area is 109 Å². The molecule has 0 fully saturated rings. The Morgan fingerprint density at radius 1 is 1.26 bits per heavy atom. The molecular formula is C12H14N2O5. The average Bonchev–Trinajstić information content (AvgIpc) is 2.74. The van der Waals surface area contributed by atoms with Gasteiger partial charge in [0.05, 0.1) is 0 Å². The van der Waals surface area contributed by atoms with Gasteiger partial charge >= 0.3 is 12.0 Å². The third-order valence-electron chi connectivity index (χ3n) is 2.59. The topological polar surface area (TPSA) is 96.9 Å². The summed E-state index contributed by atoms with van der Waals surface area (Å²) < 4.78 is 10.3. The highest BCUT2D eigenvalue weighted by molar-refractivity contribution is 5.93. The molecule has 1 aliphatic heterocycles. The van der Waals surface area contributed by atoms with Crippen molar-refractivity contribution in [3.05, 3.63) is 18.2 Å². The van der Waals surface area contributed by atoms with E-state index in [4.69, 9.17) is 14.6 Å². The van der Waals surface area contributed by atoms with Gasteiger partial charge in [-0.05, 0) is 26.0 Å². The lowest BCUT2D eigenvalue weighted by atomic mass is 10.1. The highest BCUT2D eigenvalue weighted by Crippen LogP contribution is 2.34. The van der Waals surface area contributed by atoms with E-state index in [-0.39, 0.29) is 6.79 Å². The minimum atomic E-state index is -1.35. The maximum Gasteiger partial charge on any atom is 0.328 e. The van der Waals surface area contributed by atoms with Crippen molar-refractivity contribution in [3.8, 4) is 11.5 Å². The number of aliphatic carboxylic acids is 1. The van der Waals surface area contributed by atoms with Crippen LogP contribution in [-0.4, -0.2) is 29.4 Å². The van der Waals surface area contributed by atoms with Gasteiger partial charge in [-0.15, -0.1) is 0 Å². The second-order valence-electron chi connectivity index (χ2n) is 4.58. The zero-order valence-corrected chi connectivity index (χ0v) is 10.5. The second kappa shape index (κ2) is 4.68. The fourth-order valence-electron chi connectivity index (χ4n) is 1.47. The molecule has 3 N–H and O–H groups in total. The summed E-state index contributed by atoms with van der Waals surface area (Å²) in [5.74, 6) is 0.0282. The number of amides is 2. The molecule has 1 aromatic carbocycles. The summed E-state index contributed by atoms with van der Waals surface area (Å²) in [6, 6.07) is 4.31. The first-order valence-corrected chi connectivity index (χ1v) is 5.61. The van der Waals surface area contributed by atoms with E-state index in [9.17, 15) is 9.59 Å². The predicted octanol–water partition coefficient (Wildman–Crippen LogP) is 1.40. The van der Waals surface area contributed by atoms with Crippen LogP contribution < -0.4 is 20.1 Å². The lowest BCUT2D eigenvalue weighted by Crippen LogP contribution is -2.51. The number of rotatable bonds is 3. The summed E-state index contributed by atoms with van der Waals surface area (Å²) in [7, 11) is 0. The number of fused-ring (bicyclic) bond motifs is 1. The van der Waals surface area contributed by atoms with Gasteiger partial charge in [-0.1, -0.05) is 0 Å². The molecule has 19 heavy (non-hydrogen) atoms. The van der Waals surface area contributed by atoms with E-state index in [0.29, 0.717) is 17.2 Å². The summed E-state index contributed by atoms with van der Waals surface area (Å²) in [6.45, 7) is 2.94. The second-order valence-corrected chi connectivity index (χ2v) is 4.58. The zero-order valence-electron chi connectivity index (χ0n) is 10.5. The molecule has 7 heteroatoms. The molecule has 102 valence electrons. The summed E-state index contributed by atoms with van der Waals surface area (Å²) in [4.78, 5) is 22.6. The van der Waals surface area contributed by atoms with Crippen molar-refractivity contribution >= 4 is 17.7 Å². The SMILES string of the molecule is CC(C)(NC(=O)Nc1ccc2c(c1)OCO2)C(=O)O. The summed E-state index contributed by atoms with van der Waals surface area (Å²) in [6.07, 6.45) is 0. The standard InChI is InChI=1S/C12H14N2O5/c1-12(2,10(15)16)14-11(17)13-7-3-4-8-9(5-7)19-6-18-8/h3-5H,6H2,1-2H3,(H,15,16)(H2,13,14,17). The molecule has 2 amide bonds. The van der Waals surface area contributed by atoms with E-state index in [2.05, 4.69) is 10.6 Å². The Morgan fingerprint density at radius 2 is 1.95 bits per heavy atom. The van der Waals surface area contributed by atoms with Gasteiger partial charge in [0.25, 0.3) is 0 Å². The van der Waals surface area contributed by atoms with Crippen LogP contribution in [-0.2, 0) is 4.79 Å². The molecule has 0 unspecified atom stereocenters. The number of carboxylic acids is 1. The third-order valence-corrected chi connectivity index (χ3v) is 2.59. The molecule has 7 nitrogen and oxygen atoms in total. The molecular weight excluding hydrogens is 252 g/mol. The Balaban J connectivity index is 2.01. The van der Waals surface area contributed by atoms with Crippen LogP contribution in [0.2, 0.25) is 0 Å². The maximum atomic E-state index is 11.7. The number of carbonyl (C=O) groups excluding carboxylic acids is 1. The van der Waals surface area contributed by atoms with Gasteiger partial charge in [-0.25, -0.2) is 9.59 Å². The smallest absolute Gasteiger partial charge is 0.328 e. The van der Waals surface area contributed by atoms with Gasteiger partial charge in [-0.3, -0.25) is 0 Å². The molecule has 0 aromatic heterocycles. The van der Waals surface area contributed by atoms with E-state index >= 15 is 0 Å². The monoisotopic (exact) mass is 266 g/mol. The van der Waals surface area contributed by atoms with Crippen molar-refractivity contribution in [2.45, 2.75) is 19.4 Å². The van der Waals surface area contributed by atoms with Crippen molar-refractivity contribution in [3.63, 3.8) is 0 Å². The number of urea groups is 1. The minimum Gasteiger partial charge on any atom is -0.480 e. The molecule has 0 aliphatic carbocycles. The van der Waals surface area contributed by atoms with Crippen LogP contribution in [0.5, 0.6) is 11.5 Å². The quantitative estimate of drug-likeness (QED) is 0.768. The van der Waals surface area contributed by atoms with Gasteiger partial charge in [0.1, 0.15) is 5.54 Å². The number of carbonyl (C=O) groups is 2. The van der Waals surface area contributed by atoms with Crippen LogP contribution in [0.3, 0.4) is 0 Å². The number of benzene rings is 1. The highest BCUT2D eigenvalue weighted by atomic mass is 16.7. The van der Waals surface area contributed by atoms with Crippen molar-refractivity contribution in [1.82, 2.24) is 5.32 Å². The number of anilines is 1. The van der Waals surface area contributed by atoms with Crippen LogP contribution in [0.4, 0.5) is 10.5 Å². The third kappa shape index (κ3) is 2.87. The first-order chi connectivity index (χ1) is 8.88. The highest BCUT2D eigenvalue weighted by Gasteiger charge is 2.29. The first kappa shape index (κ1) is 13.0. The van der Waals surface area contributed by atoms with E-state index in [0.717, 1.165) is 0 Å². The normalized spacial score (nSPS) is 12.9. The Hall–Kier alpha value is -2.44. The number of hydrogen-bond acceptors (Lipinski definition) is 4. The average molecular weight is 266 g/mol. The van der Waals surface area contributed by atoms with Crippen LogP contribution in [0.15, 0.2) is 18.2 Å². The molecule has 0 radical (unpaired) electrons. The van der Waals surface area contributed by atoms with Crippen LogP contribution in [0, 0.1) is 0 Å². The van der Waals surface area contributed by atoms with Crippen molar-refractivity contribution < 1.29 is 24.2 Å². The number of hydrogen-bond donors (Lipinski definition) is 3. The van der Waals surface area contributed by atoms with Gasteiger partial charge in [-0.2, -0.15) is 0 Å². The van der Waals surface area contributed by atoms with E-state index in [1.165, 1.54) is 13.8 Å². The van der Waals surface area contributed by atoms with Gasteiger partial charge < -0.3 is 25.2 Å². The number of nitrogens with one attached hydrogen (secondary N) is 2. The van der Waals surface area contributed by atoms with E-state index in [1.807, 2.05) is 0 Å². The minimum absolute atomic E-state index is 0.150. The molecule has 0 saturated carbocycles. The number of carboxylic acid groups (broad SMARTS) is 1. The summed E-state index contributed by atoms with van der Waals surface area (Å²) in [5.41, 5.74) is -0.858. The molecule has 0 bridgehead atoms. The molecule has 0 atom stereocenters. The summed E-state index contributed by atoms with van der Waals surface area (Å²) in [5, 5.41) is 13.8. The van der Waals surface area contributed by atoms with Crippen molar-refractivity contribution in [2.24, 2.45) is 0 Å². The molecule has 1 aromatic rings. The zero-order chi connectivity index (χ0) is 14.0. The van der Waals surface area contributed by atoms with Gasteiger partial charge in [0, 0.05) is 11.8 Å². The fourth-order valence-corrected chi connectivity index (χ4v) is 1.47. The lowest BCUT2D eigenvalue weighted by molar-refractivity contribution is -0.142. The van der Waals surface area contributed by atoms with E-state index in [1.54, 1.807) is 18.2 Å². The molecule has 1 heterocycles. The van der Waals surface area contributed by atoms with E-state index < -0.39 is 17.5 Å². The van der Waals surface area contributed by atoms with Crippen LogP contribution >= 0.6 is 0 Å². The Kier molecular flexibility index (Phi) is 3.20. The first-order valence-electron chi connectivity index (χ1n) is 5.61. The number of ether oxygens (including phenoxy) is 2. The van der Waals surface area contributed by atoms with Crippen LogP contribution in [0.25, 0.3) is 0 Å². The molecule has 0 spiro atoms. The van der Waals surface area contributed by atoms with Crippen LogP contribution in [0.1, 0.15) is 13.8 Å². The predicted molar refractivity (Wildman–Crippen MR) is 66.4 cm³/mol. The van der Waals surface area contributed by atoms with Crippen molar-refractivity contribution in [2.75, 3.05) is 12.1 Å². The maximum absolute atomic E-state index is 11.7. The fraction of sp³-hybridized carbons (Fsp3) is 0.333. The lowest BCUT2D eigenvalue weighted by Gasteiger charge is -2.21.